The van der Waals surface area contributed by atoms with Gasteiger partial charge >= 0.3 is 5.97 Å². The summed E-state index contributed by atoms with van der Waals surface area (Å²) >= 11 is 0. The molecule has 23 heavy (non-hydrogen) atoms. The molecule has 0 atom stereocenters. The Kier molecular flexibility index (Phi) is 4.96. The van der Waals surface area contributed by atoms with E-state index in [0.29, 0.717) is 13.2 Å². The van der Waals surface area contributed by atoms with Crippen molar-refractivity contribution in [3.63, 3.8) is 0 Å². The molecule has 1 fully saturated rings. The fraction of sp³-hybridized carbons (Fsp3) is 0.556. The van der Waals surface area contributed by atoms with E-state index in [1.807, 2.05) is 18.2 Å². The van der Waals surface area contributed by atoms with Crippen LogP contribution in [0.1, 0.15) is 25.3 Å². The Labute approximate surface area is 137 Å². The van der Waals surface area contributed by atoms with E-state index in [-0.39, 0.29) is 11.5 Å². The number of benzene rings is 1. The van der Waals surface area contributed by atoms with Gasteiger partial charge in [0.25, 0.3) is 0 Å². The third-order valence-corrected chi connectivity index (χ3v) is 4.67. The van der Waals surface area contributed by atoms with Gasteiger partial charge in [-0.2, -0.15) is 0 Å². The lowest BCUT2D eigenvalue weighted by Gasteiger charge is -2.37. The summed E-state index contributed by atoms with van der Waals surface area (Å²) < 4.78 is 5.01. The molecular weight excluding hydrogens is 290 g/mol. The van der Waals surface area contributed by atoms with Crippen LogP contribution in [0.4, 0.5) is 0 Å². The van der Waals surface area contributed by atoms with Crippen LogP contribution >= 0.6 is 0 Å². The molecule has 124 valence electrons. The molecule has 1 saturated heterocycles. The Morgan fingerprint density at radius 3 is 2.70 bits per heavy atom. The van der Waals surface area contributed by atoms with Gasteiger partial charge in [0, 0.05) is 26.2 Å². The van der Waals surface area contributed by atoms with Crippen LogP contribution in [0.25, 0.3) is 0 Å². The van der Waals surface area contributed by atoms with E-state index in [4.69, 9.17) is 9.73 Å². The maximum Gasteiger partial charge on any atom is 0.325 e. The van der Waals surface area contributed by atoms with Crippen LogP contribution in [0.3, 0.4) is 0 Å². The Hall–Kier alpha value is -1.88. The highest BCUT2D eigenvalue weighted by atomic mass is 16.5. The molecule has 3 rings (SSSR count). The zero-order valence-electron chi connectivity index (χ0n) is 13.8. The Bertz CT molecular complexity index is 551. The molecule has 5 heteroatoms. The van der Waals surface area contributed by atoms with Crippen molar-refractivity contribution in [3.8, 4) is 0 Å². The van der Waals surface area contributed by atoms with E-state index < -0.39 is 0 Å². The van der Waals surface area contributed by atoms with Gasteiger partial charge in [0.15, 0.2) is 0 Å². The first kappa shape index (κ1) is 16.0. The number of carbonyl (C=O) groups excluding carboxylic acids is 1. The maximum absolute atomic E-state index is 11.6. The number of aliphatic imine (C=N–C) groups is 1. The summed E-state index contributed by atoms with van der Waals surface area (Å²) in [6.45, 7) is 6.53. The van der Waals surface area contributed by atoms with Gasteiger partial charge in [-0.05, 0) is 25.3 Å². The third-order valence-electron chi connectivity index (χ3n) is 4.67. The first-order valence-corrected chi connectivity index (χ1v) is 8.40. The number of piperidine rings is 1. The smallest absolute Gasteiger partial charge is 0.325 e. The molecule has 0 N–H and O–H groups in total. The van der Waals surface area contributed by atoms with Crippen LogP contribution in [-0.2, 0) is 16.1 Å². The third kappa shape index (κ3) is 4.10. The molecule has 0 radical (unpaired) electrons. The fourth-order valence-corrected chi connectivity index (χ4v) is 3.39. The molecule has 2 heterocycles. The maximum atomic E-state index is 11.6. The summed E-state index contributed by atoms with van der Waals surface area (Å²) in [5.41, 5.74) is 1.36. The lowest BCUT2D eigenvalue weighted by atomic mass is 9.88. The molecule has 2 aliphatic rings. The number of hydrogen-bond acceptors (Lipinski definition) is 5. The highest BCUT2D eigenvalue weighted by Gasteiger charge is 2.38. The summed E-state index contributed by atoms with van der Waals surface area (Å²) in [6.07, 6.45) is 3.94. The van der Waals surface area contributed by atoms with Crippen molar-refractivity contribution in [2.24, 2.45) is 4.99 Å². The van der Waals surface area contributed by atoms with E-state index in [9.17, 15) is 4.79 Å². The van der Waals surface area contributed by atoms with Gasteiger partial charge < -0.3 is 9.64 Å². The van der Waals surface area contributed by atoms with E-state index in [0.717, 1.165) is 39.0 Å². The minimum absolute atomic E-state index is 0.000315. The Balaban J connectivity index is 1.47. The zero-order chi connectivity index (χ0) is 16.1. The molecule has 1 aromatic carbocycles. The monoisotopic (exact) mass is 315 g/mol. The number of rotatable bonds is 5. The van der Waals surface area contributed by atoms with E-state index in [1.54, 1.807) is 0 Å². The number of hydrogen-bond donors (Lipinski definition) is 0. The van der Waals surface area contributed by atoms with Crippen LogP contribution < -0.4 is 0 Å². The van der Waals surface area contributed by atoms with Gasteiger partial charge in [0.1, 0.15) is 6.54 Å². The van der Waals surface area contributed by atoms with Crippen molar-refractivity contribution in [1.29, 1.82) is 0 Å². The molecular formula is C18H25N3O2. The molecule has 5 nitrogen and oxygen atoms in total. The lowest BCUT2D eigenvalue weighted by molar-refractivity contribution is -0.143. The quantitative estimate of drug-likeness (QED) is 0.779. The first-order valence-electron chi connectivity index (χ1n) is 8.40. The van der Waals surface area contributed by atoms with Crippen LogP contribution in [0.5, 0.6) is 0 Å². The van der Waals surface area contributed by atoms with Crippen molar-refractivity contribution in [2.75, 3.05) is 32.8 Å². The molecule has 2 aliphatic heterocycles. The molecule has 0 aliphatic carbocycles. The van der Waals surface area contributed by atoms with Gasteiger partial charge in [-0.3, -0.25) is 14.7 Å². The largest absolute Gasteiger partial charge is 0.465 e. The summed E-state index contributed by atoms with van der Waals surface area (Å²) in [5, 5.41) is 0. The number of ether oxygens (including phenoxy) is 1. The summed E-state index contributed by atoms with van der Waals surface area (Å²) in [7, 11) is 0. The van der Waals surface area contributed by atoms with Crippen molar-refractivity contribution in [1.82, 2.24) is 9.80 Å². The van der Waals surface area contributed by atoms with E-state index >= 15 is 0 Å². The number of nitrogens with zero attached hydrogens (tertiary/aromatic N) is 3. The Morgan fingerprint density at radius 2 is 2.00 bits per heavy atom. The normalized spacial score (nSPS) is 20.1. The van der Waals surface area contributed by atoms with Gasteiger partial charge in [0.2, 0.25) is 0 Å². The van der Waals surface area contributed by atoms with Crippen LogP contribution in [0.15, 0.2) is 35.3 Å². The molecule has 0 aromatic heterocycles. The van der Waals surface area contributed by atoms with Crippen molar-refractivity contribution in [2.45, 2.75) is 31.8 Å². The van der Waals surface area contributed by atoms with Crippen molar-refractivity contribution < 1.29 is 9.53 Å². The van der Waals surface area contributed by atoms with Crippen molar-refractivity contribution >= 4 is 12.3 Å². The lowest BCUT2D eigenvalue weighted by Crippen LogP contribution is -2.46. The Morgan fingerprint density at radius 1 is 1.26 bits per heavy atom. The van der Waals surface area contributed by atoms with E-state index in [2.05, 4.69) is 35.2 Å². The highest BCUT2D eigenvalue weighted by Crippen LogP contribution is 2.31. The minimum atomic E-state index is -0.169. The second-order valence-corrected chi connectivity index (χ2v) is 6.44. The summed E-state index contributed by atoms with van der Waals surface area (Å²) in [4.78, 5) is 20.8. The summed E-state index contributed by atoms with van der Waals surface area (Å²) in [5.74, 6) is -0.169. The molecule has 0 bridgehead atoms. The van der Waals surface area contributed by atoms with Gasteiger partial charge in [-0.1, -0.05) is 30.3 Å². The standard InChI is InChI=1S/C18H25N3O2/c1-2-23-17(22)13-21-14-18(19-15-21)8-10-20(11-9-18)12-16-6-4-3-5-7-16/h3-7,15H,2,8-14H2,1H3. The predicted octanol–water partition coefficient (Wildman–Crippen LogP) is 1.93. The van der Waals surface area contributed by atoms with Gasteiger partial charge in [-0.15, -0.1) is 0 Å². The van der Waals surface area contributed by atoms with Crippen LogP contribution in [-0.4, -0.2) is 60.4 Å². The first-order chi connectivity index (χ1) is 11.2. The number of esters is 1. The molecule has 0 amide bonds. The van der Waals surface area contributed by atoms with Crippen molar-refractivity contribution in [3.05, 3.63) is 35.9 Å². The van der Waals surface area contributed by atoms with E-state index in [1.165, 1.54) is 5.56 Å². The predicted molar refractivity (Wildman–Crippen MR) is 90.4 cm³/mol. The topological polar surface area (TPSA) is 45.1 Å². The molecule has 0 saturated carbocycles. The average Bonchev–Trinajstić information content (AvgIpc) is 2.94. The zero-order valence-corrected chi connectivity index (χ0v) is 13.8. The van der Waals surface area contributed by atoms with Crippen LogP contribution in [0, 0.1) is 0 Å². The molecule has 1 aromatic rings. The van der Waals surface area contributed by atoms with Gasteiger partial charge in [0.05, 0.1) is 18.5 Å². The minimum Gasteiger partial charge on any atom is -0.465 e. The SMILES string of the molecule is CCOC(=O)CN1C=NC2(CCN(Cc3ccccc3)CC2)C1. The second-order valence-electron chi connectivity index (χ2n) is 6.44. The van der Waals surface area contributed by atoms with Gasteiger partial charge in [-0.25, -0.2) is 0 Å². The molecule has 1 spiro atoms. The second kappa shape index (κ2) is 7.13. The number of likely N-dealkylation sites (tertiary alicyclic amines) is 1. The number of carbonyl (C=O) groups is 1. The molecule has 0 unspecified atom stereocenters. The highest BCUT2D eigenvalue weighted by molar-refractivity contribution is 5.75. The van der Waals surface area contributed by atoms with Crippen LogP contribution in [0.2, 0.25) is 0 Å². The fourth-order valence-electron chi connectivity index (χ4n) is 3.39. The average molecular weight is 315 g/mol. The summed E-state index contributed by atoms with van der Waals surface area (Å²) in [6, 6.07) is 10.6.